The fourth-order valence-electron chi connectivity index (χ4n) is 3.57. The maximum atomic E-state index is 5.49. The molecule has 1 saturated heterocycles. The molecule has 144 valence electrons. The Bertz CT molecular complexity index is 968. The molecule has 3 aromatic rings. The third kappa shape index (κ3) is 4.02. The van der Waals surface area contributed by atoms with E-state index in [1.165, 1.54) is 24.1 Å². The summed E-state index contributed by atoms with van der Waals surface area (Å²) in [6, 6.07) is 16.5. The lowest BCUT2D eigenvalue weighted by Gasteiger charge is -2.18. The van der Waals surface area contributed by atoms with E-state index in [1.807, 2.05) is 24.3 Å². The summed E-state index contributed by atoms with van der Waals surface area (Å²) < 4.78 is 5.40. The van der Waals surface area contributed by atoms with Crippen LogP contribution in [0.2, 0.25) is 0 Å². The molecule has 28 heavy (non-hydrogen) atoms. The van der Waals surface area contributed by atoms with Gasteiger partial charge in [0.2, 0.25) is 0 Å². The Morgan fingerprint density at radius 1 is 1.11 bits per heavy atom. The Morgan fingerprint density at radius 2 is 1.89 bits per heavy atom. The number of nitrogens with one attached hydrogen (secondary N) is 2. The van der Waals surface area contributed by atoms with Crippen LogP contribution in [0.15, 0.2) is 54.7 Å². The SMILES string of the molecule is COc1ccc(NC(=S)NCc2ccc(N3CCCC3)cc2)c2cccnc12. The Hall–Kier alpha value is -2.86. The molecule has 1 aliphatic rings. The predicted octanol–water partition coefficient (Wildman–Crippen LogP) is 4.33. The van der Waals surface area contributed by atoms with Gasteiger partial charge in [-0.15, -0.1) is 0 Å². The average molecular weight is 393 g/mol. The molecule has 0 unspecified atom stereocenters. The van der Waals surface area contributed by atoms with Crippen LogP contribution in [0.3, 0.4) is 0 Å². The highest BCUT2D eigenvalue weighted by Crippen LogP contribution is 2.29. The Labute approximate surface area is 170 Å². The molecule has 2 heterocycles. The standard InChI is InChI=1S/C22H24N4OS/c1-27-20-11-10-19(18-5-4-12-23-21(18)20)25-22(28)24-15-16-6-8-17(9-7-16)26-13-2-3-14-26/h4-12H,2-3,13-15H2,1H3,(H2,24,25,28). The summed E-state index contributed by atoms with van der Waals surface area (Å²) in [5, 5.41) is 8.12. The number of anilines is 2. The molecule has 1 aromatic heterocycles. The summed E-state index contributed by atoms with van der Waals surface area (Å²) in [5.41, 5.74) is 4.23. The summed E-state index contributed by atoms with van der Waals surface area (Å²) in [4.78, 5) is 6.86. The molecular weight excluding hydrogens is 368 g/mol. The van der Waals surface area contributed by atoms with Crippen LogP contribution in [0.5, 0.6) is 5.75 Å². The largest absolute Gasteiger partial charge is 0.494 e. The maximum Gasteiger partial charge on any atom is 0.171 e. The van der Waals surface area contributed by atoms with E-state index in [1.54, 1.807) is 13.3 Å². The lowest BCUT2D eigenvalue weighted by Crippen LogP contribution is -2.28. The second kappa shape index (κ2) is 8.44. The number of aromatic nitrogens is 1. The highest BCUT2D eigenvalue weighted by molar-refractivity contribution is 7.80. The van der Waals surface area contributed by atoms with Gasteiger partial charge in [0, 0.05) is 42.6 Å². The molecule has 0 atom stereocenters. The van der Waals surface area contributed by atoms with E-state index in [2.05, 4.69) is 44.8 Å². The zero-order valence-corrected chi connectivity index (χ0v) is 16.8. The van der Waals surface area contributed by atoms with Crippen LogP contribution in [-0.2, 0) is 6.54 Å². The van der Waals surface area contributed by atoms with Crippen molar-refractivity contribution in [2.45, 2.75) is 19.4 Å². The van der Waals surface area contributed by atoms with Crippen LogP contribution >= 0.6 is 12.2 Å². The van der Waals surface area contributed by atoms with Gasteiger partial charge in [0.25, 0.3) is 0 Å². The highest BCUT2D eigenvalue weighted by atomic mass is 32.1. The molecule has 5 nitrogen and oxygen atoms in total. The third-order valence-electron chi connectivity index (χ3n) is 5.06. The van der Waals surface area contributed by atoms with Crippen molar-refractivity contribution in [1.82, 2.24) is 10.3 Å². The van der Waals surface area contributed by atoms with E-state index in [-0.39, 0.29) is 0 Å². The second-order valence-electron chi connectivity index (χ2n) is 6.88. The van der Waals surface area contributed by atoms with Crippen molar-refractivity contribution in [3.63, 3.8) is 0 Å². The van der Waals surface area contributed by atoms with Gasteiger partial charge in [0.15, 0.2) is 5.11 Å². The minimum Gasteiger partial charge on any atom is -0.494 e. The van der Waals surface area contributed by atoms with Gasteiger partial charge in [-0.1, -0.05) is 12.1 Å². The maximum absolute atomic E-state index is 5.49. The van der Waals surface area contributed by atoms with Crippen molar-refractivity contribution in [1.29, 1.82) is 0 Å². The Balaban J connectivity index is 1.39. The van der Waals surface area contributed by atoms with E-state index in [0.29, 0.717) is 11.7 Å². The minimum absolute atomic E-state index is 0.582. The van der Waals surface area contributed by atoms with E-state index >= 15 is 0 Å². The minimum atomic E-state index is 0.582. The summed E-state index contributed by atoms with van der Waals surface area (Å²) in [6.45, 7) is 3.00. The summed E-state index contributed by atoms with van der Waals surface area (Å²) in [7, 11) is 1.65. The number of thiocarbonyl (C=S) groups is 1. The van der Waals surface area contributed by atoms with Crippen LogP contribution in [-0.4, -0.2) is 30.3 Å². The van der Waals surface area contributed by atoms with Crippen molar-refractivity contribution in [3.05, 3.63) is 60.3 Å². The van der Waals surface area contributed by atoms with Gasteiger partial charge in [-0.3, -0.25) is 4.98 Å². The first-order chi connectivity index (χ1) is 13.7. The first-order valence-electron chi connectivity index (χ1n) is 9.55. The fourth-order valence-corrected chi connectivity index (χ4v) is 3.75. The number of benzene rings is 2. The molecule has 6 heteroatoms. The van der Waals surface area contributed by atoms with Gasteiger partial charge in [0.1, 0.15) is 11.3 Å². The smallest absolute Gasteiger partial charge is 0.171 e. The monoisotopic (exact) mass is 392 g/mol. The van der Waals surface area contributed by atoms with Crippen molar-refractivity contribution >= 4 is 39.6 Å². The van der Waals surface area contributed by atoms with Crippen LogP contribution in [0, 0.1) is 0 Å². The molecule has 0 aliphatic carbocycles. The van der Waals surface area contributed by atoms with E-state index < -0.39 is 0 Å². The molecule has 0 spiro atoms. The van der Waals surface area contributed by atoms with Crippen molar-refractivity contribution < 1.29 is 4.74 Å². The van der Waals surface area contributed by atoms with Gasteiger partial charge in [-0.2, -0.15) is 0 Å². The predicted molar refractivity (Wildman–Crippen MR) is 119 cm³/mol. The Kier molecular flexibility index (Phi) is 5.58. The highest BCUT2D eigenvalue weighted by Gasteiger charge is 2.12. The van der Waals surface area contributed by atoms with Crippen LogP contribution in [0.25, 0.3) is 10.9 Å². The number of hydrogen-bond acceptors (Lipinski definition) is 4. The number of pyridine rings is 1. The first-order valence-corrected chi connectivity index (χ1v) is 9.96. The number of hydrogen-bond donors (Lipinski definition) is 2. The van der Waals surface area contributed by atoms with Gasteiger partial charge in [-0.25, -0.2) is 0 Å². The van der Waals surface area contributed by atoms with Gasteiger partial charge in [0.05, 0.1) is 7.11 Å². The molecule has 1 fully saturated rings. The molecular formula is C22H24N4OS. The van der Waals surface area contributed by atoms with E-state index in [0.717, 1.165) is 35.4 Å². The topological polar surface area (TPSA) is 49.4 Å². The van der Waals surface area contributed by atoms with Crippen LogP contribution in [0.1, 0.15) is 18.4 Å². The van der Waals surface area contributed by atoms with Crippen molar-refractivity contribution in [3.8, 4) is 5.75 Å². The lowest BCUT2D eigenvalue weighted by atomic mass is 10.1. The first kappa shape index (κ1) is 18.5. The van der Waals surface area contributed by atoms with Gasteiger partial charge in [-0.05, 0) is 67.0 Å². The molecule has 0 amide bonds. The summed E-state index contributed by atoms with van der Waals surface area (Å²) in [6.07, 6.45) is 4.34. The summed E-state index contributed by atoms with van der Waals surface area (Å²) >= 11 is 5.49. The lowest BCUT2D eigenvalue weighted by molar-refractivity contribution is 0.419. The Morgan fingerprint density at radius 3 is 2.64 bits per heavy atom. The van der Waals surface area contributed by atoms with Crippen molar-refractivity contribution in [2.75, 3.05) is 30.4 Å². The number of rotatable bonds is 5. The number of fused-ring (bicyclic) bond motifs is 1. The molecule has 0 radical (unpaired) electrons. The zero-order valence-electron chi connectivity index (χ0n) is 15.9. The molecule has 1 aliphatic heterocycles. The third-order valence-corrected chi connectivity index (χ3v) is 5.31. The average Bonchev–Trinajstić information content (AvgIpc) is 3.28. The normalized spacial score (nSPS) is 13.5. The number of methoxy groups -OCH3 is 1. The molecule has 0 bridgehead atoms. The van der Waals surface area contributed by atoms with Gasteiger partial charge >= 0.3 is 0 Å². The van der Waals surface area contributed by atoms with E-state index in [9.17, 15) is 0 Å². The fraction of sp³-hybridized carbons (Fsp3) is 0.273. The molecule has 2 N–H and O–H groups in total. The second-order valence-corrected chi connectivity index (χ2v) is 7.29. The molecule has 0 saturated carbocycles. The van der Waals surface area contributed by atoms with Crippen LogP contribution < -0.4 is 20.3 Å². The van der Waals surface area contributed by atoms with E-state index in [4.69, 9.17) is 17.0 Å². The van der Waals surface area contributed by atoms with Crippen LogP contribution in [0.4, 0.5) is 11.4 Å². The molecule has 2 aromatic carbocycles. The zero-order chi connectivity index (χ0) is 19.3. The summed E-state index contributed by atoms with van der Waals surface area (Å²) in [5.74, 6) is 0.748. The van der Waals surface area contributed by atoms with Gasteiger partial charge < -0.3 is 20.3 Å². The quantitative estimate of drug-likeness (QED) is 0.631. The van der Waals surface area contributed by atoms with Crippen molar-refractivity contribution in [2.24, 2.45) is 0 Å². The number of ether oxygens (including phenoxy) is 1. The number of nitrogens with zero attached hydrogens (tertiary/aromatic N) is 2. The molecule has 4 rings (SSSR count).